The van der Waals surface area contributed by atoms with E-state index in [4.69, 9.17) is 4.98 Å². The van der Waals surface area contributed by atoms with E-state index in [9.17, 15) is 9.59 Å². The van der Waals surface area contributed by atoms with E-state index in [1.54, 1.807) is 11.3 Å². The third kappa shape index (κ3) is 3.71. The largest absolute Gasteiger partial charge is 0.361 e. The van der Waals surface area contributed by atoms with Crippen molar-refractivity contribution in [3.05, 3.63) is 59.6 Å². The molecule has 1 saturated heterocycles. The van der Waals surface area contributed by atoms with E-state index < -0.39 is 0 Å². The van der Waals surface area contributed by atoms with Gasteiger partial charge >= 0.3 is 0 Å². The maximum absolute atomic E-state index is 13.1. The van der Waals surface area contributed by atoms with Crippen molar-refractivity contribution in [2.45, 2.75) is 6.42 Å². The van der Waals surface area contributed by atoms with Gasteiger partial charge in [0.25, 0.3) is 0 Å². The summed E-state index contributed by atoms with van der Waals surface area (Å²) in [5.41, 5.74) is 6.21. The smallest absolute Gasteiger partial charge is 0.242 e. The molecule has 2 aromatic heterocycles. The Balaban J connectivity index is 1.13. The molecule has 0 unspecified atom stereocenters. The predicted octanol–water partition coefficient (Wildman–Crippen LogP) is 3.43. The van der Waals surface area contributed by atoms with Crippen LogP contribution in [0.15, 0.2) is 54.0 Å². The summed E-state index contributed by atoms with van der Waals surface area (Å²) in [6, 6.07) is 15.5. The summed E-state index contributed by atoms with van der Waals surface area (Å²) < 4.78 is 0. The van der Waals surface area contributed by atoms with E-state index in [0.717, 1.165) is 51.9 Å². The first-order valence-electron chi connectivity index (χ1n) is 11.5. The molecule has 0 spiro atoms. The molecule has 1 fully saturated rings. The summed E-state index contributed by atoms with van der Waals surface area (Å²) in [6.45, 7) is 3.69. The molecule has 4 aromatic rings. The Morgan fingerprint density at radius 3 is 2.65 bits per heavy atom. The summed E-state index contributed by atoms with van der Waals surface area (Å²) >= 11 is 1.60. The van der Waals surface area contributed by atoms with Gasteiger partial charge < -0.3 is 19.7 Å². The first kappa shape index (κ1) is 20.9. The van der Waals surface area contributed by atoms with Crippen molar-refractivity contribution >= 4 is 44.7 Å². The molecule has 2 aliphatic heterocycles. The van der Waals surface area contributed by atoms with Crippen LogP contribution in [0, 0.1) is 0 Å². The number of aromatic nitrogens is 3. The second kappa shape index (κ2) is 8.57. The number of para-hydroxylation sites is 3. The molecule has 0 aliphatic carbocycles. The molecule has 0 bridgehead atoms. The number of amides is 1. The third-order valence-corrected chi connectivity index (χ3v) is 7.45. The average Bonchev–Trinajstić information content (AvgIpc) is 3.53. The maximum Gasteiger partial charge on any atom is 0.242 e. The third-order valence-electron chi connectivity index (χ3n) is 6.56. The lowest BCUT2D eigenvalue weighted by atomic mass is 10.0. The number of carbonyl (C=O) groups excluding carboxylic acids is 2. The molecular weight excluding hydrogens is 448 g/mol. The average molecular weight is 473 g/mol. The predicted molar refractivity (Wildman–Crippen MR) is 134 cm³/mol. The van der Waals surface area contributed by atoms with Gasteiger partial charge in [0.15, 0.2) is 11.6 Å². The number of rotatable bonds is 4. The van der Waals surface area contributed by atoms with Crippen LogP contribution in [-0.4, -0.2) is 70.8 Å². The van der Waals surface area contributed by atoms with Crippen LogP contribution in [0.25, 0.3) is 22.6 Å². The number of carbonyl (C=O) groups is 2. The molecule has 6 rings (SSSR count). The van der Waals surface area contributed by atoms with Gasteiger partial charge in [-0.3, -0.25) is 9.59 Å². The molecule has 172 valence electrons. The van der Waals surface area contributed by atoms with E-state index in [-0.39, 0.29) is 11.7 Å². The van der Waals surface area contributed by atoms with Crippen LogP contribution < -0.4 is 9.80 Å². The van der Waals surface area contributed by atoms with Crippen LogP contribution in [0.1, 0.15) is 16.8 Å². The van der Waals surface area contributed by atoms with Crippen molar-refractivity contribution in [1.82, 2.24) is 19.9 Å². The monoisotopic (exact) mass is 472 g/mol. The number of aromatic amines is 1. The fourth-order valence-electron chi connectivity index (χ4n) is 4.75. The SMILES string of the molecule is O=C1CCN(CC(=O)N2CCN(c3scnc3-c3nc4ccccc4[nH]3)CC2)c2ccccc21. The van der Waals surface area contributed by atoms with Gasteiger partial charge in [0.05, 0.1) is 23.1 Å². The topological polar surface area (TPSA) is 85.4 Å². The normalized spacial score (nSPS) is 16.2. The zero-order valence-corrected chi connectivity index (χ0v) is 19.4. The van der Waals surface area contributed by atoms with Crippen molar-refractivity contribution in [2.75, 3.05) is 49.1 Å². The van der Waals surface area contributed by atoms with Crippen molar-refractivity contribution in [3.8, 4) is 11.5 Å². The summed E-state index contributed by atoms with van der Waals surface area (Å²) in [5, 5.41) is 1.08. The van der Waals surface area contributed by atoms with Crippen LogP contribution in [0.2, 0.25) is 0 Å². The van der Waals surface area contributed by atoms with Gasteiger partial charge in [0, 0.05) is 50.4 Å². The van der Waals surface area contributed by atoms with Gasteiger partial charge in [-0.05, 0) is 24.3 Å². The molecule has 4 heterocycles. The zero-order valence-electron chi connectivity index (χ0n) is 18.6. The number of nitrogens with zero attached hydrogens (tertiary/aromatic N) is 5. The maximum atomic E-state index is 13.1. The summed E-state index contributed by atoms with van der Waals surface area (Å²) in [7, 11) is 0. The molecule has 9 heteroatoms. The van der Waals surface area contributed by atoms with Gasteiger partial charge in [0.1, 0.15) is 10.7 Å². The lowest BCUT2D eigenvalue weighted by molar-refractivity contribution is -0.130. The molecule has 2 aromatic carbocycles. The molecule has 0 saturated carbocycles. The minimum Gasteiger partial charge on any atom is -0.361 e. The molecule has 8 nitrogen and oxygen atoms in total. The van der Waals surface area contributed by atoms with E-state index in [1.165, 1.54) is 0 Å². The fourth-order valence-corrected chi connectivity index (χ4v) is 5.61. The molecule has 2 aliphatic rings. The number of nitrogens with one attached hydrogen (secondary N) is 1. The number of hydrogen-bond donors (Lipinski definition) is 1. The van der Waals surface area contributed by atoms with E-state index in [0.29, 0.717) is 32.6 Å². The number of fused-ring (bicyclic) bond motifs is 2. The standard InChI is InChI=1S/C25H24N6O2S/c32-21-9-10-31(20-8-4-1-5-17(20)21)15-22(33)29-11-13-30(14-12-29)25-23(26-16-34-25)24-27-18-6-2-3-7-19(18)28-24/h1-8,16H,9-15H2,(H,27,28). The summed E-state index contributed by atoms with van der Waals surface area (Å²) in [6.07, 6.45) is 0.452. The second-order valence-electron chi connectivity index (χ2n) is 8.59. The van der Waals surface area contributed by atoms with Crippen LogP contribution in [0.4, 0.5) is 10.7 Å². The Labute approximate surface area is 200 Å². The highest BCUT2D eigenvalue weighted by Crippen LogP contribution is 2.34. The zero-order chi connectivity index (χ0) is 23.1. The summed E-state index contributed by atoms with van der Waals surface area (Å²) in [5.74, 6) is 1.03. The fraction of sp³-hybridized carbons (Fsp3) is 0.280. The van der Waals surface area contributed by atoms with Crippen molar-refractivity contribution in [1.29, 1.82) is 0 Å². The number of anilines is 2. The molecule has 0 atom stereocenters. The highest BCUT2D eigenvalue weighted by atomic mass is 32.1. The van der Waals surface area contributed by atoms with Crippen molar-refractivity contribution in [3.63, 3.8) is 0 Å². The molecule has 1 N–H and O–H groups in total. The molecule has 1 amide bonds. The van der Waals surface area contributed by atoms with Crippen molar-refractivity contribution in [2.24, 2.45) is 0 Å². The highest BCUT2D eigenvalue weighted by Gasteiger charge is 2.28. The van der Waals surface area contributed by atoms with E-state index in [2.05, 4.69) is 14.9 Å². The number of thiazole rings is 1. The molecule has 0 radical (unpaired) electrons. The van der Waals surface area contributed by atoms with E-state index in [1.807, 2.05) is 63.8 Å². The molecule has 34 heavy (non-hydrogen) atoms. The lowest BCUT2D eigenvalue weighted by Crippen LogP contribution is -2.51. The number of hydrogen-bond acceptors (Lipinski definition) is 7. The Morgan fingerprint density at radius 2 is 1.79 bits per heavy atom. The van der Waals surface area contributed by atoms with Crippen LogP contribution in [-0.2, 0) is 4.79 Å². The number of Topliss-reactive ketones (excluding diaryl/α,β-unsaturated/α-hetero) is 1. The van der Waals surface area contributed by atoms with Crippen LogP contribution >= 0.6 is 11.3 Å². The number of imidazole rings is 1. The van der Waals surface area contributed by atoms with Gasteiger partial charge in [-0.1, -0.05) is 24.3 Å². The Morgan fingerprint density at radius 1 is 1.00 bits per heavy atom. The minimum absolute atomic E-state index is 0.102. The van der Waals surface area contributed by atoms with Gasteiger partial charge in [-0.2, -0.15) is 0 Å². The second-order valence-corrected chi connectivity index (χ2v) is 9.42. The van der Waals surface area contributed by atoms with Crippen molar-refractivity contribution < 1.29 is 9.59 Å². The summed E-state index contributed by atoms with van der Waals surface area (Å²) in [4.78, 5) is 44.2. The van der Waals surface area contributed by atoms with E-state index >= 15 is 0 Å². The quantitative estimate of drug-likeness (QED) is 0.490. The van der Waals surface area contributed by atoms with Gasteiger partial charge in [0.2, 0.25) is 5.91 Å². The lowest BCUT2D eigenvalue weighted by Gasteiger charge is -2.37. The Kier molecular flexibility index (Phi) is 5.26. The highest BCUT2D eigenvalue weighted by molar-refractivity contribution is 7.14. The Bertz CT molecular complexity index is 1340. The Hall–Kier alpha value is -3.72. The molecular formula is C25H24N6O2S. The van der Waals surface area contributed by atoms with Crippen LogP contribution in [0.3, 0.4) is 0 Å². The first-order chi connectivity index (χ1) is 16.7. The van der Waals surface area contributed by atoms with Crippen LogP contribution in [0.5, 0.6) is 0 Å². The number of ketones is 1. The van der Waals surface area contributed by atoms with Gasteiger partial charge in [-0.25, -0.2) is 9.97 Å². The number of piperazine rings is 1. The first-order valence-corrected chi connectivity index (χ1v) is 12.3. The minimum atomic E-state index is 0.102. The number of benzene rings is 2. The van der Waals surface area contributed by atoms with Gasteiger partial charge in [-0.15, -0.1) is 11.3 Å². The number of H-pyrrole nitrogens is 1.